The molecular weight excluding hydrogens is 335 g/mol. The number of alkyl halides is 1. The summed E-state index contributed by atoms with van der Waals surface area (Å²) in [6, 6.07) is 14.6. The van der Waals surface area contributed by atoms with Crippen LogP contribution >= 0.6 is 0 Å². The standard InChI is InChI=1S/C20H21FN2O3/c1-24-19-10-17(11-20(12-19)25-2)23-14-16(13-22)15-4-6-18(7-5-15)26-9-3-8-21/h4-7,10-12,14,23H,3,8-9H2,1-2H3/b16-14+. The largest absolute Gasteiger partial charge is 0.497 e. The topological polar surface area (TPSA) is 63.5 Å². The van der Waals surface area contributed by atoms with Gasteiger partial charge in [-0.1, -0.05) is 0 Å². The molecule has 136 valence electrons. The van der Waals surface area contributed by atoms with E-state index in [2.05, 4.69) is 11.4 Å². The van der Waals surface area contributed by atoms with Crippen LogP contribution in [0.3, 0.4) is 0 Å². The average Bonchev–Trinajstić information content (AvgIpc) is 2.69. The lowest BCUT2D eigenvalue weighted by atomic mass is 10.1. The van der Waals surface area contributed by atoms with E-state index in [1.165, 1.54) is 0 Å². The SMILES string of the molecule is COc1cc(N/C=C(\C#N)c2ccc(OCCCF)cc2)cc(OC)c1. The van der Waals surface area contributed by atoms with Gasteiger partial charge in [0, 0.05) is 36.5 Å². The summed E-state index contributed by atoms with van der Waals surface area (Å²) in [5.74, 6) is 1.94. The normalized spacial score (nSPS) is 10.8. The minimum Gasteiger partial charge on any atom is -0.497 e. The van der Waals surface area contributed by atoms with Crippen LogP contribution in [0.2, 0.25) is 0 Å². The second kappa shape index (κ2) is 9.94. The fraction of sp³-hybridized carbons (Fsp3) is 0.250. The van der Waals surface area contributed by atoms with Crippen LogP contribution in [0.5, 0.6) is 17.2 Å². The predicted molar refractivity (Wildman–Crippen MR) is 99.3 cm³/mol. The van der Waals surface area contributed by atoms with Gasteiger partial charge in [-0.3, -0.25) is 4.39 Å². The van der Waals surface area contributed by atoms with E-state index >= 15 is 0 Å². The fourth-order valence-corrected chi connectivity index (χ4v) is 2.20. The van der Waals surface area contributed by atoms with E-state index in [4.69, 9.17) is 14.2 Å². The molecule has 1 N–H and O–H groups in total. The lowest BCUT2D eigenvalue weighted by Crippen LogP contribution is -1.98. The highest BCUT2D eigenvalue weighted by Gasteiger charge is 2.04. The predicted octanol–water partition coefficient (Wildman–Crippen LogP) is 4.42. The molecule has 0 aromatic heterocycles. The van der Waals surface area contributed by atoms with Gasteiger partial charge in [-0.15, -0.1) is 0 Å². The number of nitrogens with one attached hydrogen (secondary N) is 1. The van der Waals surface area contributed by atoms with Crippen LogP contribution in [0.25, 0.3) is 5.57 Å². The Balaban J connectivity index is 2.12. The molecule has 0 fully saturated rings. The highest BCUT2D eigenvalue weighted by Crippen LogP contribution is 2.26. The smallest absolute Gasteiger partial charge is 0.124 e. The van der Waals surface area contributed by atoms with Crippen molar-refractivity contribution in [1.82, 2.24) is 0 Å². The molecule has 0 amide bonds. The number of halogens is 1. The molecule has 0 aliphatic carbocycles. The molecule has 0 bridgehead atoms. The highest BCUT2D eigenvalue weighted by atomic mass is 19.1. The Kier molecular flexibility index (Phi) is 7.31. The third kappa shape index (κ3) is 5.42. The monoisotopic (exact) mass is 356 g/mol. The van der Waals surface area contributed by atoms with Crippen LogP contribution in [0.4, 0.5) is 10.1 Å². The summed E-state index contributed by atoms with van der Waals surface area (Å²) in [5, 5.41) is 12.5. The molecule has 0 spiro atoms. The molecule has 2 aromatic carbocycles. The van der Waals surface area contributed by atoms with E-state index in [0.29, 0.717) is 35.8 Å². The number of hydrogen-bond acceptors (Lipinski definition) is 5. The van der Waals surface area contributed by atoms with Crippen molar-refractivity contribution in [2.45, 2.75) is 6.42 Å². The van der Waals surface area contributed by atoms with Gasteiger partial charge in [0.05, 0.1) is 33.1 Å². The second-order valence-electron chi connectivity index (χ2n) is 5.33. The van der Waals surface area contributed by atoms with E-state index in [1.807, 2.05) is 0 Å². The van der Waals surface area contributed by atoms with Gasteiger partial charge in [-0.25, -0.2) is 0 Å². The molecular formula is C20H21FN2O3. The average molecular weight is 356 g/mol. The number of nitrogens with zero attached hydrogens (tertiary/aromatic N) is 1. The highest BCUT2D eigenvalue weighted by molar-refractivity contribution is 5.78. The summed E-state index contributed by atoms with van der Waals surface area (Å²) in [5.41, 5.74) is 1.94. The fourth-order valence-electron chi connectivity index (χ4n) is 2.20. The van der Waals surface area contributed by atoms with E-state index in [-0.39, 0.29) is 0 Å². The number of methoxy groups -OCH3 is 2. The third-order valence-corrected chi connectivity index (χ3v) is 3.57. The van der Waals surface area contributed by atoms with Crippen molar-refractivity contribution < 1.29 is 18.6 Å². The van der Waals surface area contributed by atoms with E-state index in [1.54, 1.807) is 62.9 Å². The van der Waals surface area contributed by atoms with E-state index < -0.39 is 6.67 Å². The molecule has 5 nitrogen and oxygen atoms in total. The van der Waals surface area contributed by atoms with Gasteiger partial charge in [0.25, 0.3) is 0 Å². The zero-order chi connectivity index (χ0) is 18.8. The Hall–Kier alpha value is -3.20. The van der Waals surface area contributed by atoms with Crippen molar-refractivity contribution in [3.05, 3.63) is 54.2 Å². The lowest BCUT2D eigenvalue weighted by Gasteiger charge is -2.09. The van der Waals surface area contributed by atoms with Gasteiger partial charge in [-0.2, -0.15) is 5.26 Å². The molecule has 6 heteroatoms. The molecule has 0 saturated heterocycles. The zero-order valence-corrected chi connectivity index (χ0v) is 14.8. The summed E-state index contributed by atoms with van der Waals surface area (Å²) < 4.78 is 27.9. The van der Waals surface area contributed by atoms with Crippen molar-refractivity contribution in [3.63, 3.8) is 0 Å². The number of anilines is 1. The Morgan fingerprint density at radius 3 is 2.27 bits per heavy atom. The van der Waals surface area contributed by atoms with Crippen molar-refractivity contribution >= 4 is 11.3 Å². The summed E-state index contributed by atoms with van der Waals surface area (Å²) in [4.78, 5) is 0. The van der Waals surface area contributed by atoms with Crippen LogP contribution in [-0.4, -0.2) is 27.5 Å². The number of benzene rings is 2. The Bertz CT molecular complexity index is 760. The Morgan fingerprint density at radius 2 is 1.73 bits per heavy atom. The molecule has 0 aliphatic heterocycles. The Morgan fingerprint density at radius 1 is 1.08 bits per heavy atom. The number of nitriles is 1. The van der Waals surface area contributed by atoms with Crippen LogP contribution < -0.4 is 19.5 Å². The zero-order valence-electron chi connectivity index (χ0n) is 14.8. The summed E-state index contributed by atoms with van der Waals surface area (Å²) >= 11 is 0. The first-order valence-electron chi connectivity index (χ1n) is 8.09. The van der Waals surface area contributed by atoms with Gasteiger partial charge in [0.1, 0.15) is 23.3 Å². The van der Waals surface area contributed by atoms with Crippen molar-refractivity contribution in [2.24, 2.45) is 0 Å². The maximum Gasteiger partial charge on any atom is 0.124 e. The molecule has 26 heavy (non-hydrogen) atoms. The van der Waals surface area contributed by atoms with E-state index in [9.17, 15) is 9.65 Å². The van der Waals surface area contributed by atoms with Gasteiger partial charge in [-0.05, 0) is 29.8 Å². The molecule has 0 heterocycles. The van der Waals surface area contributed by atoms with Crippen molar-refractivity contribution in [3.8, 4) is 23.3 Å². The number of hydrogen-bond donors (Lipinski definition) is 1. The first-order chi connectivity index (χ1) is 12.7. The first-order valence-corrected chi connectivity index (χ1v) is 8.09. The molecule has 2 rings (SSSR count). The first kappa shape index (κ1) is 19.1. The van der Waals surface area contributed by atoms with Gasteiger partial charge in [0.2, 0.25) is 0 Å². The molecule has 0 atom stereocenters. The number of rotatable bonds is 9. The van der Waals surface area contributed by atoms with Gasteiger partial charge >= 0.3 is 0 Å². The minimum absolute atomic E-state index is 0.329. The van der Waals surface area contributed by atoms with Crippen LogP contribution in [0.15, 0.2) is 48.7 Å². The minimum atomic E-state index is -0.403. The maximum atomic E-state index is 12.1. The number of ether oxygens (including phenoxy) is 3. The molecule has 0 unspecified atom stereocenters. The molecule has 0 saturated carbocycles. The van der Waals surface area contributed by atoms with Crippen LogP contribution in [0, 0.1) is 11.3 Å². The summed E-state index contributed by atoms with van der Waals surface area (Å²) in [6.45, 7) is -0.0733. The quantitative estimate of drug-likeness (QED) is 0.532. The van der Waals surface area contributed by atoms with Crippen molar-refractivity contribution in [1.29, 1.82) is 5.26 Å². The number of allylic oxidation sites excluding steroid dienone is 1. The molecule has 0 radical (unpaired) electrons. The van der Waals surface area contributed by atoms with Gasteiger partial charge < -0.3 is 19.5 Å². The molecule has 2 aromatic rings. The maximum absolute atomic E-state index is 12.1. The summed E-state index contributed by atoms with van der Waals surface area (Å²) in [6.07, 6.45) is 1.98. The van der Waals surface area contributed by atoms with Crippen LogP contribution in [0.1, 0.15) is 12.0 Å². The lowest BCUT2D eigenvalue weighted by molar-refractivity contribution is 0.289. The van der Waals surface area contributed by atoms with Crippen molar-refractivity contribution in [2.75, 3.05) is 32.8 Å². The summed E-state index contributed by atoms with van der Waals surface area (Å²) in [7, 11) is 3.15. The molecule has 0 aliphatic rings. The Labute approximate surface area is 152 Å². The second-order valence-corrected chi connectivity index (χ2v) is 5.33. The third-order valence-electron chi connectivity index (χ3n) is 3.57. The van der Waals surface area contributed by atoms with Crippen LogP contribution in [-0.2, 0) is 0 Å². The van der Waals surface area contributed by atoms with E-state index in [0.717, 1.165) is 11.3 Å². The van der Waals surface area contributed by atoms with Gasteiger partial charge in [0.15, 0.2) is 0 Å².